The molecule has 1 nitrogen and oxygen atoms in total. The largest absolute Gasteiger partial charge is 0.285 e. The van der Waals surface area contributed by atoms with E-state index in [0.717, 1.165) is 53.3 Å². The molecule has 0 aliphatic carbocycles. The van der Waals surface area contributed by atoms with E-state index in [9.17, 15) is 8.78 Å². The number of benzene rings is 3. The number of nitrogens with zero attached hydrogens (tertiary/aromatic N) is 1. The van der Waals surface area contributed by atoms with Gasteiger partial charge in [-0.3, -0.25) is 4.99 Å². The van der Waals surface area contributed by atoms with E-state index in [1.54, 1.807) is 12.1 Å². The summed E-state index contributed by atoms with van der Waals surface area (Å²) in [6, 6.07) is 23.8. The first-order valence-electron chi connectivity index (χ1n) is 14.1. The van der Waals surface area contributed by atoms with Gasteiger partial charge in [-0.25, -0.2) is 8.78 Å². The van der Waals surface area contributed by atoms with Crippen molar-refractivity contribution in [1.29, 1.82) is 0 Å². The monoisotopic (exact) mass is 543 g/mol. The molecule has 0 aromatic heterocycles. The molecule has 0 N–H and O–H groups in total. The Morgan fingerprint density at radius 2 is 1.25 bits per heavy atom. The molecule has 0 aliphatic heterocycles. The quantitative estimate of drug-likeness (QED) is 0.110. The Labute approximate surface area is 242 Å². The Morgan fingerprint density at radius 3 is 1.62 bits per heavy atom. The second-order valence-electron chi connectivity index (χ2n) is 9.81. The zero-order chi connectivity index (χ0) is 30.3. The second-order valence-corrected chi connectivity index (χ2v) is 9.81. The van der Waals surface area contributed by atoms with Crippen molar-refractivity contribution in [3.63, 3.8) is 0 Å². The number of allylic oxidation sites excluding steroid dienone is 3. The molecule has 0 saturated heterocycles. The van der Waals surface area contributed by atoms with Crippen molar-refractivity contribution in [3.05, 3.63) is 131 Å². The smallest absolute Gasteiger partial charge is 0.270 e. The summed E-state index contributed by atoms with van der Waals surface area (Å²) < 4.78 is 25.5. The summed E-state index contributed by atoms with van der Waals surface area (Å²) in [5.74, 6) is -2.72. The van der Waals surface area contributed by atoms with Gasteiger partial charge in [0.05, 0.1) is 6.54 Å². The van der Waals surface area contributed by atoms with Gasteiger partial charge < -0.3 is 0 Å². The van der Waals surface area contributed by atoms with Gasteiger partial charge in [0, 0.05) is 23.8 Å². The highest BCUT2D eigenvalue weighted by Gasteiger charge is 2.23. The van der Waals surface area contributed by atoms with Gasteiger partial charge in [0.2, 0.25) is 0 Å². The van der Waals surface area contributed by atoms with Gasteiger partial charge in [0.25, 0.3) is 5.92 Å². The maximum Gasteiger partial charge on any atom is 0.270 e. The minimum Gasteiger partial charge on any atom is -0.285 e. The molecule has 0 saturated carbocycles. The first kappa shape index (κ1) is 34.4. The lowest BCUT2D eigenvalue weighted by Crippen LogP contribution is -2.06. The molecule has 214 valence electrons. The average Bonchev–Trinajstić information content (AvgIpc) is 2.93. The number of halogens is 2. The van der Waals surface area contributed by atoms with E-state index in [0.29, 0.717) is 6.54 Å². The molecule has 0 atom stereocenters. The van der Waals surface area contributed by atoms with Crippen LogP contribution in [0.5, 0.6) is 0 Å². The normalized spacial score (nSPS) is 11.8. The Balaban J connectivity index is 0.000000448. The number of hydrogen-bond acceptors (Lipinski definition) is 1. The topological polar surface area (TPSA) is 12.4 Å². The number of aliphatic imine (C=N–C) groups is 1. The molecule has 0 amide bonds. The van der Waals surface area contributed by atoms with Crippen molar-refractivity contribution in [2.24, 2.45) is 4.99 Å². The van der Waals surface area contributed by atoms with E-state index >= 15 is 0 Å². The predicted octanol–water partition coefficient (Wildman–Crippen LogP) is 11.2. The van der Waals surface area contributed by atoms with Gasteiger partial charge in [0.15, 0.2) is 0 Å². The maximum atomic E-state index is 12.8. The van der Waals surface area contributed by atoms with E-state index in [2.05, 4.69) is 101 Å². The molecule has 0 unspecified atom stereocenters. The summed E-state index contributed by atoms with van der Waals surface area (Å²) >= 11 is 0. The molecule has 0 spiro atoms. The second kappa shape index (κ2) is 17.2. The van der Waals surface area contributed by atoms with E-state index in [-0.39, 0.29) is 5.56 Å². The van der Waals surface area contributed by atoms with Crippen molar-refractivity contribution >= 4 is 16.9 Å². The van der Waals surface area contributed by atoms with Crippen LogP contribution in [0, 0.1) is 13.8 Å². The zero-order valence-electron chi connectivity index (χ0n) is 25.7. The van der Waals surface area contributed by atoms with Gasteiger partial charge in [-0.2, -0.15) is 0 Å². The summed E-state index contributed by atoms with van der Waals surface area (Å²) in [5.41, 5.74) is 10.4. The highest BCUT2D eigenvalue weighted by atomic mass is 19.3. The fourth-order valence-corrected chi connectivity index (χ4v) is 4.11. The van der Waals surface area contributed by atoms with Crippen LogP contribution in [0.15, 0.2) is 103 Å². The van der Waals surface area contributed by atoms with Gasteiger partial charge in [0.1, 0.15) is 0 Å². The fraction of sp³-hybridized carbons (Fsp3) is 0.324. The molecule has 3 aromatic carbocycles. The van der Waals surface area contributed by atoms with Gasteiger partial charge >= 0.3 is 0 Å². The predicted molar refractivity (Wildman–Crippen MR) is 174 cm³/mol. The Morgan fingerprint density at radius 1 is 0.800 bits per heavy atom. The van der Waals surface area contributed by atoms with Gasteiger partial charge in [-0.05, 0) is 62.0 Å². The average molecular weight is 544 g/mol. The van der Waals surface area contributed by atoms with Crippen molar-refractivity contribution in [1.82, 2.24) is 0 Å². The van der Waals surface area contributed by atoms with Crippen molar-refractivity contribution in [2.45, 2.75) is 74.2 Å². The molecular weight excluding hydrogens is 496 g/mol. The summed E-state index contributed by atoms with van der Waals surface area (Å²) in [5, 5.41) is 0. The number of hydrogen-bond donors (Lipinski definition) is 0. The molecular formula is C37H47F2N. The standard InChI is InChI=1S/C24H27N.C11H14F2.C2H6/c1-7-16-25-20(6)24(22-14-10-19(5)11-15-22)23(17(2)3)21-12-8-18(4)9-13-21;1-3-4-9-5-7-10(8-6-9)11(2,12)13;1-2/h7-15H,1-2,16H2,3-6H3;5-8H,3-4H2,1-2H3;1-2H3/b24-23-,25-20?;;. The third-order valence-corrected chi connectivity index (χ3v) is 6.18. The van der Waals surface area contributed by atoms with E-state index in [1.807, 2.05) is 19.9 Å². The van der Waals surface area contributed by atoms with Crippen LogP contribution < -0.4 is 0 Å². The van der Waals surface area contributed by atoms with Crippen LogP contribution in [-0.2, 0) is 12.3 Å². The lowest BCUT2D eigenvalue weighted by Gasteiger charge is -2.17. The Kier molecular flexibility index (Phi) is 14.8. The number of rotatable bonds is 9. The molecule has 3 heteroatoms. The van der Waals surface area contributed by atoms with Crippen LogP contribution in [0.4, 0.5) is 8.78 Å². The van der Waals surface area contributed by atoms with Crippen LogP contribution in [0.2, 0.25) is 0 Å². The van der Waals surface area contributed by atoms with Crippen LogP contribution in [0.25, 0.3) is 11.1 Å². The molecule has 3 aromatic rings. The molecule has 0 fully saturated rings. The maximum absolute atomic E-state index is 12.8. The molecule has 0 aliphatic rings. The fourth-order valence-electron chi connectivity index (χ4n) is 4.11. The summed E-state index contributed by atoms with van der Waals surface area (Å²) in [4.78, 5) is 4.69. The minimum absolute atomic E-state index is 0.0901. The summed E-state index contributed by atoms with van der Waals surface area (Å²) in [6.45, 7) is 24.0. The van der Waals surface area contributed by atoms with Gasteiger partial charge in [-0.15, -0.1) is 6.58 Å². The minimum atomic E-state index is -2.72. The first-order chi connectivity index (χ1) is 19.0. The highest BCUT2D eigenvalue weighted by molar-refractivity contribution is 6.31. The number of alkyl halides is 2. The van der Waals surface area contributed by atoms with E-state index in [1.165, 1.54) is 28.8 Å². The lowest BCUT2D eigenvalue weighted by molar-refractivity contribution is 0.0174. The number of aryl methyl sites for hydroxylation is 3. The van der Waals surface area contributed by atoms with Crippen molar-refractivity contribution in [3.8, 4) is 0 Å². The molecule has 0 bridgehead atoms. The molecule has 3 rings (SSSR count). The van der Waals surface area contributed by atoms with Crippen molar-refractivity contribution < 1.29 is 8.78 Å². The van der Waals surface area contributed by atoms with Gasteiger partial charge in [-0.1, -0.05) is 124 Å². The lowest BCUT2D eigenvalue weighted by atomic mass is 9.87. The Bertz CT molecular complexity index is 1250. The highest BCUT2D eigenvalue weighted by Crippen LogP contribution is 2.33. The first-order valence-corrected chi connectivity index (χ1v) is 14.1. The molecule has 40 heavy (non-hydrogen) atoms. The van der Waals surface area contributed by atoms with Crippen LogP contribution in [-0.4, -0.2) is 12.3 Å². The van der Waals surface area contributed by atoms with E-state index in [4.69, 9.17) is 0 Å². The third kappa shape index (κ3) is 10.9. The SMILES string of the molecule is C=CCN=C(C)/C(=C(\C(=C)C)c1ccc(C)cc1)c1ccc(C)cc1.CC.CCCc1ccc(C(C)(F)F)cc1. The van der Waals surface area contributed by atoms with Crippen LogP contribution in [0.3, 0.4) is 0 Å². The van der Waals surface area contributed by atoms with E-state index < -0.39 is 5.92 Å². The molecule has 0 radical (unpaired) electrons. The molecule has 0 heterocycles. The summed E-state index contributed by atoms with van der Waals surface area (Å²) in [6.07, 6.45) is 3.82. The third-order valence-electron chi connectivity index (χ3n) is 6.18. The Hall–Kier alpha value is -3.59. The van der Waals surface area contributed by atoms with Crippen LogP contribution in [0.1, 0.15) is 81.3 Å². The van der Waals surface area contributed by atoms with Crippen LogP contribution >= 0.6 is 0 Å². The van der Waals surface area contributed by atoms with Crippen molar-refractivity contribution in [2.75, 3.05) is 6.54 Å². The summed E-state index contributed by atoms with van der Waals surface area (Å²) in [7, 11) is 0. The zero-order valence-corrected chi connectivity index (χ0v) is 25.7.